The van der Waals surface area contributed by atoms with Gasteiger partial charge < -0.3 is 10.6 Å². The van der Waals surface area contributed by atoms with E-state index in [9.17, 15) is 4.79 Å². The zero-order valence-corrected chi connectivity index (χ0v) is 11.5. The second-order valence-corrected chi connectivity index (χ2v) is 5.38. The maximum atomic E-state index is 11.6. The van der Waals surface area contributed by atoms with Crippen LogP contribution in [0.2, 0.25) is 0 Å². The highest BCUT2D eigenvalue weighted by Gasteiger charge is 2.09. The van der Waals surface area contributed by atoms with Crippen molar-refractivity contribution >= 4 is 5.91 Å². The van der Waals surface area contributed by atoms with Crippen molar-refractivity contribution in [3.8, 4) is 0 Å². The van der Waals surface area contributed by atoms with E-state index >= 15 is 0 Å². The van der Waals surface area contributed by atoms with Gasteiger partial charge in [-0.2, -0.15) is 0 Å². The van der Waals surface area contributed by atoms with Gasteiger partial charge in [-0.1, -0.05) is 0 Å². The minimum atomic E-state index is 0.0668. The lowest BCUT2D eigenvalue weighted by Crippen LogP contribution is -2.38. The topological polar surface area (TPSA) is 54.0 Å². The number of amides is 1. The van der Waals surface area contributed by atoms with Crippen molar-refractivity contribution in [3.05, 3.63) is 30.1 Å². The minimum Gasteiger partial charge on any atom is -0.356 e. The molecule has 1 aromatic heterocycles. The Kier molecular flexibility index (Phi) is 5.78. The Morgan fingerprint density at radius 2 is 1.89 bits per heavy atom. The quantitative estimate of drug-likeness (QED) is 0.803. The van der Waals surface area contributed by atoms with E-state index in [-0.39, 0.29) is 11.4 Å². The van der Waals surface area contributed by atoms with E-state index in [1.807, 2.05) is 12.1 Å². The van der Waals surface area contributed by atoms with Gasteiger partial charge in [0.2, 0.25) is 5.91 Å². The van der Waals surface area contributed by atoms with Gasteiger partial charge in [0.05, 0.1) is 0 Å². The summed E-state index contributed by atoms with van der Waals surface area (Å²) >= 11 is 0. The molecule has 0 saturated carbocycles. The van der Waals surface area contributed by atoms with Crippen LogP contribution in [0.15, 0.2) is 24.5 Å². The van der Waals surface area contributed by atoms with Crippen molar-refractivity contribution in [1.82, 2.24) is 15.6 Å². The van der Waals surface area contributed by atoms with Crippen LogP contribution in [-0.2, 0) is 11.2 Å². The molecule has 1 heterocycles. The Bertz CT molecular complexity index is 357. The molecular formula is C14H23N3O. The van der Waals surface area contributed by atoms with E-state index < -0.39 is 0 Å². The average molecular weight is 249 g/mol. The molecule has 18 heavy (non-hydrogen) atoms. The van der Waals surface area contributed by atoms with Gasteiger partial charge in [0.25, 0.3) is 0 Å². The molecule has 0 bridgehead atoms. The first-order chi connectivity index (χ1) is 8.47. The third-order valence-electron chi connectivity index (χ3n) is 2.49. The lowest BCUT2D eigenvalue weighted by Gasteiger charge is -2.20. The standard InChI is InChI=1S/C14H23N3O/c1-14(2,3)17-11-7-13(18)16-10-6-12-4-8-15-9-5-12/h4-5,8-9,17H,6-7,10-11H2,1-3H3,(H,16,18). The first-order valence-corrected chi connectivity index (χ1v) is 6.38. The summed E-state index contributed by atoms with van der Waals surface area (Å²) in [6.07, 6.45) is 4.91. The largest absolute Gasteiger partial charge is 0.356 e. The molecule has 4 heteroatoms. The number of nitrogens with one attached hydrogen (secondary N) is 2. The summed E-state index contributed by atoms with van der Waals surface area (Å²) in [5.74, 6) is 0.0980. The van der Waals surface area contributed by atoms with Gasteiger partial charge in [-0.05, 0) is 44.9 Å². The first kappa shape index (κ1) is 14.6. The summed E-state index contributed by atoms with van der Waals surface area (Å²) in [6.45, 7) is 7.67. The van der Waals surface area contributed by atoms with Crippen LogP contribution in [0.25, 0.3) is 0 Å². The van der Waals surface area contributed by atoms with Crippen LogP contribution in [0.1, 0.15) is 32.8 Å². The summed E-state index contributed by atoms with van der Waals surface area (Å²) < 4.78 is 0. The minimum absolute atomic E-state index is 0.0668. The number of pyridine rings is 1. The van der Waals surface area contributed by atoms with Gasteiger partial charge in [0.1, 0.15) is 0 Å². The molecule has 0 aromatic carbocycles. The van der Waals surface area contributed by atoms with E-state index in [1.165, 1.54) is 5.56 Å². The number of hydrogen-bond donors (Lipinski definition) is 2. The molecule has 1 aromatic rings. The fourth-order valence-electron chi connectivity index (χ4n) is 1.54. The van der Waals surface area contributed by atoms with Gasteiger partial charge in [-0.15, -0.1) is 0 Å². The van der Waals surface area contributed by atoms with E-state index in [4.69, 9.17) is 0 Å². The van der Waals surface area contributed by atoms with Gasteiger partial charge in [0.15, 0.2) is 0 Å². The molecule has 0 spiro atoms. The summed E-state index contributed by atoms with van der Waals surface area (Å²) in [5, 5.41) is 6.21. The summed E-state index contributed by atoms with van der Waals surface area (Å²) in [7, 11) is 0. The molecule has 0 atom stereocenters. The van der Waals surface area contributed by atoms with Crippen molar-refractivity contribution in [3.63, 3.8) is 0 Å². The third-order valence-corrected chi connectivity index (χ3v) is 2.49. The van der Waals surface area contributed by atoms with Gasteiger partial charge in [0, 0.05) is 37.4 Å². The monoisotopic (exact) mass is 249 g/mol. The van der Waals surface area contributed by atoms with E-state index in [0.717, 1.165) is 6.42 Å². The van der Waals surface area contributed by atoms with Crippen LogP contribution < -0.4 is 10.6 Å². The molecule has 0 saturated heterocycles. The highest BCUT2D eigenvalue weighted by Crippen LogP contribution is 1.98. The number of carbonyl (C=O) groups is 1. The highest BCUT2D eigenvalue weighted by atomic mass is 16.1. The molecule has 1 amide bonds. The van der Waals surface area contributed by atoms with Crippen molar-refractivity contribution in [2.45, 2.75) is 39.2 Å². The maximum Gasteiger partial charge on any atom is 0.221 e. The molecule has 0 unspecified atom stereocenters. The van der Waals surface area contributed by atoms with Gasteiger partial charge in [-0.3, -0.25) is 9.78 Å². The van der Waals surface area contributed by atoms with E-state index in [2.05, 4.69) is 36.4 Å². The molecule has 0 radical (unpaired) electrons. The lowest BCUT2D eigenvalue weighted by molar-refractivity contribution is -0.121. The second-order valence-electron chi connectivity index (χ2n) is 5.38. The maximum absolute atomic E-state index is 11.6. The lowest BCUT2D eigenvalue weighted by atomic mass is 10.1. The smallest absolute Gasteiger partial charge is 0.221 e. The molecule has 4 nitrogen and oxygen atoms in total. The molecule has 1 rings (SSSR count). The Morgan fingerprint density at radius 1 is 1.22 bits per heavy atom. The third kappa shape index (κ3) is 7.01. The number of nitrogens with zero attached hydrogens (tertiary/aromatic N) is 1. The van der Waals surface area contributed by atoms with Crippen LogP contribution in [0, 0.1) is 0 Å². The second kappa shape index (κ2) is 7.11. The Morgan fingerprint density at radius 3 is 2.50 bits per heavy atom. The zero-order valence-electron chi connectivity index (χ0n) is 11.5. The number of rotatable bonds is 6. The average Bonchev–Trinajstić information content (AvgIpc) is 2.28. The first-order valence-electron chi connectivity index (χ1n) is 6.38. The van der Waals surface area contributed by atoms with Crippen LogP contribution in [0.3, 0.4) is 0 Å². The SMILES string of the molecule is CC(C)(C)NCCC(=O)NCCc1ccncc1. The van der Waals surface area contributed by atoms with Crippen molar-refractivity contribution in [2.24, 2.45) is 0 Å². The molecule has 100 valence electrons. The van der Waals surface area contributed by atoms with Gasteiger partial charge in [-0.25, -0.2) is 0 Å². The summed E-state index contributed by atoms with van der Waals surface area (Å²) in [5.41, 5.74) is 1.26. The molecule has 0 aliphatic heterocycles. The number of hydrogen-bond acceptors (Lipinski definition) is 3. The van der Waals surface area contributed by atoms with Crippen molar-refractivity contribution < 1.29 is 4.79 Å². The van der Waals surface area contributed by atoms with E-state index in [1.54, 1.807) is 12.4 Å². The predicted octanol–water partition coefficient (Wildman–Crippen LogP) is 1.52. The van der Waals surface area contributed by atoms with Crippen LogP contribution in [0.4, 0.5) is 0 Å². The molecule has 2 N–H and O–H groups in total. The van der Waals surface area contributed by atoms with Crippen molar-refractivity contribution in [2.75, 3.05) is 13.1 Å². The summed E-state index contributed by atoms with van der Waals surface area (Å²) in [4.78, 5) is 15.5. The fourth-order valence-corrected chi connectivity index (χ4v) is 1.54. The Labute approximate surface area is 109 Å². The zero-order chi connectivity index (χ0) is 13.4. The Balaban J connectivity index is 2.11. The van der Waals surface area contributed by atoms with Crippen LogP contribution in [-0.4, -0.2) is 29.5 Å². The highest BCUT2D eigenvalue weighted by molar-refractivity contribution is 5.76. The molecule has 0 fully saturated rings. The Hall–Kier alpha value is -1.42. The van der Waals surface area contributed by atoms with Crippen LogP contribution >= 0.6 is 0 Å². The number of aromatic nitrogens is 1. The number of carbonyl (C=O) groups excluding carboxylic acids is 1. The van der Waals surface area contributed by atoms with Gasteiger partial charge >= 0.3 is 0 Å². The molecule has 0 aliphatic rings. The molecule has 0 aliphatic carbocycles. The van der Waals surface area contributed by atoms with Crippen molar-refractivity contribution in [1.29, 1.82) is 0 Å². The van der Waals surface area contributed by atoms with Crippen LogP contribution in [0.5, 0.6) is 0 Å². The fraction of sp³-hybridized carbons (Fsp3) is 0.571. The molecular weight excluding hydrogens is 226 g/mol. The summed E-state index contributed by atoms with van der Waals surface area (Å²) in [6, 6.07) is 3.93. The normalized spacial score (nSPS) is 11.3. The van der Waals surface area contributed by atoms with E-state index in [0.29, 0.717) is 19.5 Å². The predicted molar refractivity (Wildman–Crippen MR) is 73.3 cm³/mol.